The zero-order valence-corrected chi connectivity index (χ0v) is 28.1. The van der Waals surface area contributed by atoms with E-state index in [9.17, 15) is 4.79 Å². The molecule has 0 fully saturated rings. The van der Waals surface area contributed by atoms with Crippen molar-refractivity contribution in [3.05, 3.63) is 59.4 Å². The van der Waals surface area contributed by atoms with Gasteiger partial charge in [-0.15, -0.1) is 0 Å². The lowest BCUT2D eigenvalue weighted by molar-refractivity contribution is -0.124. The monoisotopic (exact) mass is 765 g/mol. The zero-order chi connectivity index (χ0) is 27.4. The average Bonchev–Trinajstić information content (AvgIpc) is 2.83. The van der Waals surface area contributed by atoms with Gasteiger partial charge in [-0.05, 0) is 152 Å². The highest BCUT2D eigenvalue weighted by Crippen LogP contribution is 2.36. The number of carbonyl (C=O) groups is 1. The summed E-state index contributed by atoms with van der Waals surface area (Å²) in [6.07, 6.45) is 6.00. The Hall–Kier alpha value is -0.910. The third kappa shape index (κ3) is 11.4. The van der Waals surface area contributed by atoms with Crippen molar-refractivity contribution in [1.29, 1.82) is 0 Å². The number of halogens is 4. The highest BCUT2D eigenvalue weighted by atomic mass is 79.9. The molecular weight excluding hydrogens is 734 g/mol. The van der Waals surface area contributed by atoms with E-state index in [-0.39, 0.29) is 5.91 Å². The standard InChI is InChI=1S/C27H35Br4N3O3/c1-32-10-9-20-17-23(30)27(24(31)18-20)37-14-6-12-34(4)25(35)8-7-19-15-21(28)26(22(29)16-19)36-13-5-11-33(2)3/h7-8,15-18,32H,5-6,9-14H2,1-4H3/b8-7+. The molecule has 0 spiro atoms. The fourth-order valence-electron chi connectivity index (χ4n) is 3.41. The van der Waals surface area contributed by atoms with E-state index in [0.717, 1.165) is 60.9 Å². The number of nitrogens with one attached hydrogen (secondary N) is 1. The molecule has 0 heterocycles. The van der Waals surface area contributed by atoms with Gasteiger partial charge in [-0.3, -0.25) is 4.79 Å². The summed E-state index contributed by atoms with van der Waals surface area (Å²) in [5.74, 6) is 1.49. The molecule has 0 bridgehead atoms. The molecule has 0 aliphatic rings. The number of likely N-dealkylation sites (N-methyl/N-ethyl adjacent to an activating group) is 2. The van der Waals surface area contributed by atoms with E-state index >= 15 is 0 Å². The minimum Gasteiger partial charge on any atom is -0.491 e. The highest BCUT2D eigenvalue weighted by molar-refractivity contribution is 9.11. The van der Waals surface area contributed by atoms with Crippen LogP contribution in [0.4, 0.5) is 0 Å². The van der Waals surface area contributed by atoms with Gasteiger partial charge in [-0.2, -0.15) is 0 Å². The van der Waals surface area contributed by atoms with Gasteiger partial charge in [0.25, 0.3) is 0 Å². The fourth-order valence-corrected chi connectivity index (χ4v) is 6.37. The number of hydrogen-bond acceptors (Lipinski definition) is 5. The number of carbonyl (C=O) groups excluding carboxylic acids is 1. The summed E-state index contributed by atoms with van der Waals surface area (Å²) < 4.78 is 15.4. The van der Waals surface area contributed by atoms with E-state index in [1.807, 2.05) is 39.4 Å². The number of ether oxygens (including phenoxy) is 2. The van der Waals surface area contributed by atoms with E-state index < -0.39 is 0 Å². The van der Waals surface area contributed by atoms with E-state index in [1.165, 1.54) is 5.56 Å². The molecule has 0 saturated heterocycles. The summed E-state index contributed by atoms with van der Waals surface area (Å²) in [6.45, 7) is 3.61. The fraction of sp³-hybridized carbons (Fsp3) is 0.444. The van der Waals surface area contributed by atoms with Crippen LogP contribution in [0.1, 0.15) is 24.0 Å². The van der Waals surface area contributed by atoms with Crippen LogP contribution < -0.4 is 14.8 Å². The van der Waals surface area contributed by atoms with Crippen LogP contribution in [-0.2, 0) is 11.2 Å². The van der Waals surface area contributed by atoms with Crippen LogP contribution in [0.3, 0.4) is 0 Å². The molecule has 204 valence electrons. The van der Waals surface area contributed by atoms with Gasteiger partial charge >= 0.3 is 0 Å². The second-order valence-electron chi connectivity index (χ2n) is 8.86. The molecule has 0 aliphatic carbocycles. The SMILES string of the molecule is CNCCc1cc(Br)c(OCCCN(C)C(=O)/C=C/c2cc(Br)c(OCCCN(C)C)c(Br)c2)c(Br)c1. The molecule has 1 amide bonds. The van der Waals surface area contributed by atoms with Crippen LogP contribution in [0, 0.1) is 0 Å². The Labute approximate surface area is 254 Å². The Kier molecular flexibility index (Phi) is 14.8. The number of rotatable bonds is 15. The second kappa shape index (κ2) is 16.9. The van der Waals surface area contributed by atoms with Gasteiger partial charge in [-0.25, -0.2) is 0 Å². The van der Waals surface area contributed by atoms with Gasteiger partial charge in [0.2, 0.25) is 5.91 Å². The molecule has 2 rings (SSSR count). The number of hydrogen-bond donors (Lipinski definition) is 1. The van der Waals surface area contributed by atoms with Crippen LogP contribution in [0.5, 0.6) is 11.5 Å². The van der Waals surface area contributed by atoms with Crippen molar-refractivity contribution in [3.8, 4) is 11.5 Å². The Bertz CT molecular complexity index is 1020. The minimum atomic E-state index is -0.0625. The summed E-state index contributed by atoms with van der Waals surface area (Å²) in [4.78, 5) is 16.4. The maximum absolute atomic E-state index is 12.6. The first-order valence-electron chi connectivity index (χ1n) is 12.1. The first kappa shape index (κ1) is 32.3. The Morgan fingerprint density at radius 3 is 1.89 bits per heavy atom. The molecule has 1 N–H and O–H groups in total. The second-order valence-corrected chi connectivity index (χ2v) is 12.3. The molecule has 0 unspecified atom stereocenters. The van der Waals surface area contributed by atoms with Gasteiger partial charge < -0.3 is 24.6 Å². The average molecular weight is 769 g/mol. The Morgan fingerprint density at radius 1 is 0.865 bits per heavy atom. The predicted molar refractivity (Wildman–Crippen MR) is 167 cm³/mol. The van der Waals surface area contributed by atoms with Crippen molar-refractivity contribution in [3.63, 3.8) is 0 Å². The van der Waals surface area contributed by atoms with Crippen LogP contribution in [0.15, 0.2) is 48.2 Å². The van der Waals surface area contributed by atoms with E-state index in [0.29, 0.717) is 26.2 Å². The molecule has 10 heteroatoms. The topological polar surface area (TPSA) is 54.0 Å². The van der Waals surface area contributed by atoms with E-state index in [4.69, 9.17) is 9.47 Å². The van der Waals surface area contributed by atoms with Gasteiger partial charge in [-0.1, -0.05) is 0 Å². The smallest absolute Gasteiger partial charge is 0.246 e. The quantitative estimate of drug-likeness (QED) is 0.160. The van der Waals surface area contributed by atoms with Crippen molar-refractivity contribution in [2.75, 3.05) is 61.0 Å². The van der Waals surface area contributed by atoms with Gasteiger partial charge in [0, 0.05) is 26.2 Å². The molecule has 2 aromatic rings. The highest BCUT2D eigenvalue weighted by Gasteiger charge is 2.11. The van der Waals surface area contributed by atoms with E-state index in [1.54, 1.807) is 18.0 Å². The Morgan fingerprint density at radius 2 is 1.38 bits per heavy atom. The molecule has 6 nitrogen and oxygen atoms in total. The van der Waals surface area contributed by atoms with E-state index in [2.05, 4.69) is 86.1 Å². The third-order valence-electron chi connectivity index (χ3n) is 5.42. The van der Waals surface area contributed by atoms with Gasteiger partial charge in [0.15, 0.2) is 0 Å². The lowest BCUT2D eigenvalue weighted by Gasteiger charge is -2.16. The first-order valence-corrected chi connectivity index (χ1v) is 15.2. The molecule has 0 radical (unpaired) electrons. The lowest BCUT2D eigenvalue weighted by atomic mass is 10.1. The molecule has 0 aromatic heterocycles. The summed E-state index contributed by atoms with van der Waals surface area (Å²) in [6, 6.07) is 8.06. The van der Waals surface area contributed by atoms with Gasteiger partial charge in [0.05, 0.1) is 31.1 Å². The number of nitrogens with zero attached hydrogens (tertiary/aromatic N) is 2. The zero-order valence-electron chi connectivity index (χ0n) is 21.8. The largest absolute Gasteiger partial charge is 0.491 e. The Balaban J connectivity index is 1.83. The number of benzene rings is 2. The molecule has 2 aromatic carbocycles. The molecule has 0 atom stereocenters. The third-order valence-corrected chi connectivity index (χ3v) is 7.77. The summed E-state index contributed by atoms with van der Waals surface area (Å²) in [5.41, 5.74) is 2.12. The molecule has 0 aliphatic heterocycles. The lowest BCUT2D eigenvalue weighted by Crippen LogP contribution is -2.26. The van der Waals surface area contributed by atoms with Crippen molar-refractivity contribution in [2.45, 2.75) is 19.3 Å². The van der Waals surface area contributed by atoms with Crippen molar-refractivity contribution in [1.82, 2.24) is 15.1 Å². The molecule has 0 saturated carbocycles. The van der Waals surface area contributed by atoms with Gasteiger partial charge in [0.1, 0.15) is 11.5 Å². The minimum absolute atomic E-state index is 0.0625. The maximum atomic E-state index is 12.6. The summed E-state index contributed by atoms with van der Waals surface area (Å²) >= 11 is 14.4. The molecular formula is C27H35Br4N3O3. The van der Waals surface area contributed by atoms with Crippen LogP contribution in [0.2, 0.25) is 0 Å². The van der Waals surface area contributed by atoms with Crippen molar-refractivity contribution < 1.29 is 14.3 Å². The van der Waals surface area contributed by atoms with Crippen LogP contribution in [-0.4, -0.2) is 76.7 Å². The first-order chi connectivity index (χ1) is 17.6. The van der Waals surface area contributed by atoms with Crippen LogP contribution in [0.25, 0.3) is 6.08 Å². The summed E-state index contributed by atoms with van der Waals surface area (Å²) in [7, 11) is 7.83. The molecule has 37 heavy (non-hydrogen) atoms. The number of amides is 1. The normalized spacial score (nSPS) is 11.4. The maximum Gasteiger partial charge on any atom is 0.246 e. The van der Waals surface area contributed by atoms with Crippen LogP contribution >= 0.6 is 63.7 Å². The van der Waals surface area contributed by atoms with Crippen molar-refractivity contribution >= 4 is 75.7 Å². The summed E-state index contributed by atoms with van der Waals surface area (Å²) in [5, 5.41) is 3.16. The predicted octanol–water partition coefficient (Wildman–Crippen LogP) is 6.77. The van der Waals surface area contributed by atoms with Crippen molar-refractivity contribution in [2.24, 2.45) is 0 Å².